The van der Waals surface area contributed by atoms with Crippen LogP contribution in [0.2, 0.25) is 0 Å². The molecule has 0 bridgehead atoms. The van der Waals surface area contributed by atoms with Gasteiger partial charge in [0.1, 0.15) is 5.60 Å². The highest BCUT2D eigenvalue weighted by atomic mass is 79.9. The molecular weight excluding hydrogens is 276 g/mol. The van der Waals surface area contributed by atoms with Gasteiger partial charge in [-0.3, -0.25) is 0 Å². The molecule has 4 rings (SSSR count). The molecule has 17 heavy (non-hydrogen) atoms. The third-order valence-electron chi connectivity index (χ3n) is 7.11. The van der Waals surface area contributed by atoms with E-state index >= 15 is 0 Å². The van der Waals surface area contributed by atoms with Gasteiger partial charge in [-0.1, -0.05) is 43.6 Å². The summed E-state index contributed by atoms with van der Waals surface area (Å²) in [4.78, 5) is 0.596. The quantitative estimate of drug-likeness (QED) is 0.486. The summed E-state index contributed by atoms with van der Waals surface area (Å²) in [5.41, 5.74) is 1.17. The number of alkyl halides is 1. The summed E-state index contributed by atoms with van der Waals surface area (Å²) in [5, 5.41) is 0. The second-order valence-corrected chi connectivity index (χ2v) is 8.87. The van der Waals surface area contributed by atoms with Gasteiger partial charge in [-0.15, -0.1) is 0 Å². The Labute approximate surface area is 113 Å². The van der Waals surface area contributed by atoms with E-state index in [2.05, 4.69) is 43.6 Å². The summed E-state index contributed by atoms with van der Waals surface area (Å²) in [7, 11) is 0. The van der Waals surface area contributed by atoms with Gasteiger partial charge in [0.05, 0.1) is 6.10 Å². The average Bonchev–Trinajstić information content (AvgIpc) is 3.10. The molecule has 4 aliphatic rings. The fourth-order valence-corrected chi connectivity index (χ4v) is 7.12. The van der Waals surface area contributed by atoms with E-state index in [1.807, 2.05) is 0 Å². The predicted molar refractivity (Wildman–Crippen MR) is 72.2 cm³/mol. The van der Waals surface area contributed by atoms with E-state index in [4.69, 9.17) is 4.74 Å². The van der Waals surface area contributed by atoms with E-state index in [0.717, 1.165) is 17.8 Å². The lowest BCUT2D eigenvalue weighted by atomic mass is 9.54. The topological polar surface area (TPSA) is 12.5 Å². The van der Waals surface area contributed by atoms with Crippen LogP contribution in [-0.2, 0) is 4.74 Å². The van der Waals surface area contributed by atoms with Crippen molar-refractivity contribution >= 4 is 15.9 Å². The Morgan fingerprint density at radius 1 is 1.18 bits per heavy atom. The van der Waals surface area contributed by atoms with Gasteiger partial charge in [0.25, 0.3) is 0 Å². The highest BCUT2D eigenvalue weighted by molar-refractivity contribution is 9.09. The maximum Gasteiger partial charge on any atom is 0.113 e. The maximum atomic E-state index is 6.30. The molecule has 0 amide bonds. The molecule has 0 aromatic rings. The molecule has 7 unspecified atom stereocenters. The molecule has 1 nitrogen and oxygen atoms in total. The van der Waals surface area contributed by atoms with Crippen LogP contribution in [0.3, 0.4) is 0 Å². The third kappa shape index (κ3) is 0.970. The van der Waals surface area contributed by atoms with Gasteiger partial charge in [0.2, 0.25) is 0 Å². The van der Waals surface area contributed by atoms with Gasteiger partial charge >= 0.3 is 0 Å². The SMILES string of the molecule is CC1CCC(Br)C23OC2CC2C(C2(C)C)C13C. The van der Waals surface area contributed by atoms with Crippen molar-refractivity contribution in [1.82, 2.24) is 0 Å². The summed E-state index contributed by atoms with van der Waals surface area (Å²) in [6.07, 6.45) is 4.54. The molecule has 0 aromatic carbocycles. The van der Waals surface area contributed by atoms with Gasteiger partial charge < -0.3 is 4.74 Å². The standard InChI is InChI=1S/C15H23BrO/c1-8-5-6-10(16)15-11(17-15)7-9-12(13(9,2)3)14(8,15)4/h8-12H,5-7H2,1-4H3. The van der Waals surface area contributed by atoms with Crippen LogP contribution in [-0.4, -0.2) is 16.5 Å². The molecular formula is C15H23BrO. The Bertz CT molecular complexity index is 392. The van der Waals surface area contributed by atoms with E-state index in [1.165, 1.54) is 19.3 Å². The Morgan fingerprint density at radius 3 is 2.59 bits per heavy atom. The van der Waals surface area contributed by atoms with E-state index in [9.17, 15) is 0 Å². The molecule has 0 N–H and O–H groups in total. The Kier molecular flexibility index (Phi) is 1.86. The van der Waals surface area contributed by atoms with Crippen molar-refractivity contribution in [1.29, 1.82) is 0 Å². The molecule has 3 aliphatic carbocycles. The molecule has 1 aliphatic heterocycles. The molecule has 96 valence electrons. The van der Waals surface area contributed by atoms with Crippen LogP contribution in [0.15, 0.2) is 0 Å². The average molecular weight is 299 g/mol. The lowest BCUT2D eigenvalue weighted by Crippen LogP contribution is -2.55. The molecule has 2 heteroatoms. The maximum absolute atomic E-state index is 6.30. The highest BCUT2D eigenvalue weighted by Crippen LogP contribution is 2.82. The number of hydrogen-bond acceptors (Lipinski definition) is 1. The zero-order chi connectivity index (χ0) is 12.2. The van der Waals surface area contributed by atoms with E-state index < -0.39 is 0 Å². The number of fused-ring (bicyclic) bond motifs is 2. The van der Waals surface area contributed by atoms with Crippen LogP contribution in [0, 0.1) is 28.6 Å². The van der Waals surface area contributed by atoms with Crippen molar-refractivity contribution < 1.29 is 4.74 Å². The monoisotopic (exact) mass is 298 g/mol. The summed E-state index contributed by atoms with van der Waals surface area (Å²) in [6, 6.07) is 0. The number of ether oxygens (including phenoxy) is 1. The van der Waals surface area contributed by atoms with Gasteiger partial charge in [0.15, 0.2) is 0 Å². The summed E-state index contributed by atoms with van der Waals surface area (Å²) in [6.45, 7) is 9.97. The molecule has 3 saturated carbocycles. The Morgan fingerprint density at radius 2 is 1.88 bits per heavy atom. The first kappa shape index (κ1) is 11.3. The lowest BCUT2D eigenvalue weighted by Gasteiger charge is -2.50. The summed E-state index contributed by atoms with van der Waals surface area (Å²) < 4.78 is 6.30. The minimum absolute atomic E-state index is 0.194. The Hall–Kier alpha value is 0.440. The minimum Gasteiger partial charge on any atom is -0.364 e. The number of epoxide rings is 1. The number of halogens is 1. The lowest BCUT2D eigenvalue weighted by molar-refractivity contribution is -0.0113. The minimum atomic E-state index is 0.194. The zero-order valence-corrected chi connectivity index (χ0v) is 12.9. The second-order valence-electron chi connectivity index (χ2n) is 7.77. The fraction of sp³-hybridized carbons (Fsp3) is 1.00. The van der Waals surface area contributed by atoms with Crippen LogP contribution >= 0.6 is 15.9 Å². The zero-order valence-electron chi connectivity index (χ0n) is 11.3. The van der Waals surface area contributed by atoms with Crippen molar-refractivity contribution in [2.24, 2.45) is 28.6 Å². The third-order valence-corrected chi connectivity index (χ3v) is 8.25. The molecule has 0 radical (unpaired) electrons. The molecule has 1 heterocycles. The second kappa shape index (κ2) is 2.80. The highest BCUT2D eigenvalue weighted by Gasteiger charge is 2.85. The van der Waals surface area contributed by atoms with Crippen molar-refractivity contribution in [3.63, 3.8) is 0 Å². The molecule has 0 aromatic heterocycles. The molecule has 4 fully saturated rings. The first-order valence-electron chi connectivity index (χ1n) is 7.18. The summed E-state index contributed by atoms with van der Waals surface area (Å²) in [5.74, 6) is 2.63. The summed E-state index contributed by atoms with van der Waals surface area (Å²) >= 11 is 3.95. The number of rotatable bonds is 0. The normalized spacial score (nSPS) is 66.5. The first-order valence-corrected chi connectivity index (χ1v) is 8.10. The van der Waals surface area contributed by atoms with Gasteiger partial charge in [-0.25, -0.2) is 0 Å². The van der Waals surface area contributed by atoms with E-state index in [1.54, 1.807) is 0 Å². The van der Waals surface area contributed by atoms with E-state index in [-0.39, 0.29) is 5.60 Å². The number of hydrogen-bond donors (Lipinski definition) is 0. The van der Waals surface area contributed by atoms with Crippen molar-refractivity contribution in [2.45, 2.75) is 63.5 Å². The van der Waals surface area contributed by atoms with Crippen molar-refractivity contribution in [2.75, 3.05) is 0 Å². The smallest absolute Gasteiger partial charge is 0.113 e. The van der Waals surface area contributed by atoms with Gasteiger partial charge in [-0.2, -0.15) is 0 Å². The van der Waals surface area contributed by atoms with Crippen LogP contribution in [0.4, 0.5) is 0 Å². The van der Waals surface area contributed by atoms with Crippen molar-refractivity contribution in [3.8, 4) is 0 Å². The fourth-order valence-electron chi connectivity index (χ4n) is 5.96. The Balaban J connectivity index is 1.83. The van der Waals surface area contributed by atoms with Crippen molar-refractivity contribution in [3.05, 3.63) is 0 Å². The molecule has 7 atom stereocenters. The van der Waals surface area contributed by atoms with Gasteiger partial charge in [-0.05, 0) is 42.4 Å². The molecule has 1 spiro atoms. The van der Waals surface area contributed by atoms with Crippen LogP contribution < -0.4 is 0 Å². The van der Waals surface area contributed by atoms with E-state index in [0.29, 0.717) is 21.8 Å². The van der Waals surface area contributed by atoms with Crippen LogP contribution in [0.25, 0.3) is 0 Å². The predicted octanol–water partition coefficient (Wildman–Crippen LogP) is 4.00. The molecule has 1 saturated heterocycles. The first-order chi connectivity index (χ1) is 7.86. The largest absolute Gasteiger partial charge is 0.364 e. The van der Waals surface area contributed by atoms with Crippen LogP contribution in [0.1, 0.15) is 47.0 Å². The van der Waals surface area contributed by atoms with Crippen LogP contribution in [0.5, 0.6) is 0 Å². The van der Waals surface area contributed by atoms with Gasteiger partial charge in [0, 0.05) is 10.2 Å².